The van der Waals surface area contributed by atoms with E-state index in [0.717, 1.165) is 22.6 Å². The van der Waals surface area contributed by atoms with Gasteiger partial charge in [-0.05, 0) is 24.0 Å². The molecule has 1 fully saturated rings. The van der Waals surface area contributed by atoms with Crippen LogP contribution in [0, 0.1) is 5.92 Å². The van der Waals surface area contributed by atoms with Gasteiger partial charge < -0.3 is 10.5 Å². The van der Waals surface area contributed by atoms with Crippen LogP contribution in [0.15, 0.2) is 28.7 Å². The van der Waals surface area contributed by atoms with Gasteiger partial charge in [-0.15, -0.1) is 0 Å². The van der Waals surface area contributed by atoms with E-state index in [-0.39, 0.29) is 6.10 Å². The van der Waals surface area contributed by atoms with Gasteiger partial charge in [0.2, 0.25) is 0 Å². The minimum absolute atomic E-state index is 0.0191. The van der Waals surface area contributed by atoms with E-state index in [4.69, 9.17) is 10.5 Å². The minimum Gasteiger partial charge on any atom is -0.372 e. The smallest absolute Gasteiger partial charge is 0.0957 e. The van der Waals surface area contributed by atoms with Crippen LogP contribution < -0.4 is 5.73 Å². The van der Waals surface area contributed by atoms with Crippen LogP contribution in [-0.2, 0) is 4.74 Å². The van der Waals surface area contributed by atoms with Crippen molar-refractivity contribution in [2.24, 2.45) is 11.7 Å². The highest BCUT2D eigenvalue weighted by atomic mass is 79.9. The van der Waals surface area contributed by atoms with Gasteiger partial charge in [0.05, 0.1) is 6.10 Å². The summed E-state index contributed by atoms with van der Waals surface area (Å²) in [5.74, 6) is 0.896. The third-order valence-corrected chi connectivity index (χ3v) is 4.26. The summed E-state index contributed by atoms with van der Waals surface area (Å²) >= 11 is 3.55. The molecule has 2 nitrogen and oxygen atoms in total. The van der Waals surface area contributed by atoms with Crippen LogP contribution in [-0.4, -0.2) is 13.2 Å². The second-order valence-electron chi connectivity index (χ2n) is 4.70. The molecule has 2 N–H and O–H groups in total. The van der Waals surface area contributed by atoms with Crippen molar-refractivity contribution >= 4 is 15.9 Å². The molecule has 0 saturated heterocycles. The van der Waals surface area contributed by atoms with Crippen molar-refractivity contribution in [1.29, 1.82) is 0 Å². The quantitative estimate of drug-likeness (QED) is 0.870. The van der Waals surface area contributed by atoms with Crippen LogP contribution in [0.5, 0.6) is 0 Å². The lowest BCUT2D eigenvalue weighted by molar-refractivity contribution is 0.0420. The Morgan fingerprint density at radius 1 is 1.35 bits per heavy atom. The highest BCUT2D eigenvalue weighted by Crippen LogP contribution is 2.30. The zero-order valence-electron chi connectivity index (χ0n) is 10.1. The Labute approximate surface area is 112 Å². The SMILES string of the molecule is NCC(OCCC1CCC1)c1ccccc1Br. The fraction of sp³-hybridized carbons (Fsp3) is 0.571. The van der Waals surface area contributed by atoms with Crippen LogP contribution in [0.1, 0.15) is 37.4 Å². The zero-order chi connectivity index (χ0) is 12.1. The molecule has 0 amide bonds. The molecule has 1 aliphatic carbocycles. The minimum atomic E-state index is 0.0191. The number of ether oxygens (including phenoxy) is 1. The van der Waals surface area contributed by atoms with E-state index in [1.54, 1.807) is 0 Å². The average Bonchev–Trinajstić information content (AvgIpc) is 2.28. The Morgan fingerprint density at radius 3 is 2.71 bits per heavy atom. The van der Waals surface area contributed by atoms with Gasteiger partial charge in [0, 0.05) is 17.6 Å². The largest absolute Gasteiger partial charge is 0.372 e. The third-order valence-electron chi connectivity index (χ3n) is 3.54. The Bertz CT molecular complexity index is 352. The van der Waals surface area contributed by atoms with Gasteiger partial charge in [0.25, 0.3) is 0 Å². The molecule has 17 heavy (non-hydrogen) atoms. The summed E-state index contributed by atoms with van der Waals surface area (Å²) < 4.78 is 6.99. The highest BCUT2D eigenvalue weighted by molar-refractivity contribution is 9.10. The number of hydrogen-bond donors (Lipinski definition) is 1. The number of hydrogen-bond acceptors (Lipinski definition) is 2. The molecule has 1 aliphatic rings. The first kappa shape index (κ1) is 13.1. The van der Waals surface area contributed by atoms with Crippen LogP contribution in [0.25, 0.3) is 0 Å². The summed E-state index contributed by atoms with van der Waals surface area (Å²) in [5, 5.41) is 0. The summed E-state index contributed by atoms with van der Waals surface area (Å²) in [6.07, 6.45) is 5.36. The first-order valence-corrected chi connectivity index (χ1v) is 7.16. The molecule has 0 heterocycles. The van der Waals surface area contributed by atoms with Crippen molar-refractivity contribution in [3.05, 3.63) is 34.3 Å². The fourth-order valence-corrected chi connectivity index (χ4v) is 2.72. The van der Waals surface area contributed by atoms with E-state index < -0.39 is 0 Å². The molecule has 0 radical (unpaired) electrons. The van der Waals surface area contributed by atoms with E-state index >= 15 is 0 Å². The highest BCUT2D eigenvalue weighted by Gasteiger charge is 2.18. The van der Waals surface area contributed by atoms with Crippen molar-refractivity contribution in [3.8, 4) is 0 Å². The Hall–Kier alpha value is -0.380. The first-order valence-electron chi connectivity index (χ1n) is 6.37. The second kappa shape index (κ2) is 6.53. The lowest BCUT2D eigenvalue weighted by Gasteiger charge is -2.26. The van der Waals surface area contributed by atoms with Gasteiger partial charge in [-0.1, -0.05) is 53.4 Å². The maximum Gasteiger partial charge on any atom is 0.0957 e. The maximum absolute atomic E-state index is 5.91. The first-order chi connectivity index (χ1) is 8.31. The van der Waals surface area contributed by atoms with Gasteiger partial charge >= 0.3 is 0 Å². The second-order valence-corrected chi connectivity index (χ2v) is 5.56. The Kier molecular flexibility index (Phi) is 5.01. The van der Waals surface area contributed by atoms with Crippen molar-refractivity contribution in [2.75, 3.05) is 13.2 Å². The van der Waals surface area contributed by atoms with Gasteiger partial charge in [-0.2, -0.15) is 0 Å². The molecule has 0 aliphatic heterocycles. The van der Waals surface area contributed by atoms with E-state index in [9.17, 15) is 0 Å². The summed E-state index contributed by atoms with van der Waals surface area (Å²) in [6.45, 7) is 1.36. The van der Waals surface area contributed by atoms with Crippen LogP contribution in [0.4, 0.5) is 0 Å². The van der Waals surface area contributed by atoms with Gasteiger partial charge in [-0.25, -0.2) is 0 Å². The molecule has 1 saturated carbocycles. The molecule has 1 atom stereocenters. The summed E-state index contributed by atoms with van der Waals surface area (Å²) in [7, 11) is 0. The van der Waals surface area contributed by atoms with Gasteiger partial charge in [0.1, 0.15) is 0 Å². The number of benzene rings is 1. The Morgan fingerprint density at radius 2 is 2.12 bits per heavy atom. The molecule has 1 aromatic rings. The molecule has 1 unspecified atom stereocenters. The molecule has 0 spiro atoms. The zero-order valence-corrected chi connectivity index (χ0v) is 11.7. The molecule has 0 bridgehead atoms. The normalized spacial score (nSPS) is 17.8. The summed E-state index contributed by atoms with van der Waals surface area (Å²) in [6, 6.07) is 8.14. The molecule has 0 aromatic heterocycles. The van der Waals surface area contributed by atoms with Crippen LogP contribution in [0.3, 0.4) is 0 Å². The number of nitrogens with two attached hydrogens (primary N) is 1. The third kappa shape index (κ3) is 3.54. The fourth-order valence-electron chi connectivity index (χ4n) is 2.18. The van der Waals surface area contributed by atoms with Crippen LogP contribution >= 0.6 is 15.9 Å². The molecule has 1 aromatic carbocycles. The average molecular weight is 298 g/mol. The number of rotatable bonds is 6. The molecular formula is C14H20BrNO. The predicted molar refractivity (Wildman–Crippen MR) is 73.8 cm³/mol. The predicted octanol–water partition coefficient (Wildman–Crippen LogP) is 3.66. The van der Waals surface area contributed by atoms with E-state index in [0.29, 0.717) is 6.54 Å². The van der Waals surface area contributed by atoms with Crippen molar-refractivity contribution in [3.63, 3.8) is 0 Å². The van der Waals surface area contributed by atoms with E-state index in [1.807, 2.05) is 18.2 Å². The summed E-state index contributed by atoms with van der Waals surface area (Å²) in [5.41, 5.74) is 6.95. The summed E-state index contributed by atoms with van der Waals surface area (Å²) in [4.78, 5) is 0. The standard InChI is InChI=1S/C14H20BrNO/c15-13-7-2-1-6-12(13)14(10-16)17-9-8-11-4-3-5-11/h1-2,6-7,11,14H,3-5,8-10,16H2. The molecule has 94 valence electrons. The van der Waals surface area contributed by atoms with Gasteiger partial charge in [0.15, 0.2) is 0 Å². The lowest BCUT2D eigenvalue weighted by atomic mass is 9.83. The molecule has 2 rings (SSSR count). The monoisotopic (exact) mass is 297 g/mol. The number of halogens is 1. The van der Waals surface area contributed by atoms with E-state index in [1.165, 1.54) is 25.7 Å². The van der Waals surface area contributed by atoms with Crippen molar-refractivity contribution in [1.82, 2.24) is 0 Å². The Balaban J connectivity index is 1.85. The van der Waals surface area contributed by atoms with Crippen LogP contribution in [0.2, 0.25) is 0 Å². The van der Waals surface area contributed by atoms with Crippen molar-refractivity contribution < 1.29 is 4.74 Å². The maximum atomic E-state index is 5.91. The molecule has 3 heteroatoms. The molecular weight excluding hydrogens is 278 g/mol. The van der Waals surface area contributed by atoms with Crippen molar-refractivity contribution in [2.45, 2.75) is 31.8 Å². The topological polar surface area (TPSA) is 35.2 Å². The lowest BCUT2D eigenvalue weighted by Crippen LogP contribution is -2.19. The van der Waals surface area contributed by atoms with Gasteiger partial charge in [-0.3, -0.25) is 0 Å². The van der Waals surface area contributed by atoms with E-state index in [2.05, 4.69) is 22.0 Å².